The van der Waals surface area contributed by atoms with Crippen molar-refractivity contribution in [3.05, 3.63) is 81.4 Å². The second-order valence-electron chi connectivity index (χ2n) is 9.54. The average Bonchev–Trinajstić information content (AvgIpc) is 2.90. The minimum atomic E-state index is -0.136. The molecule has 5 nitrogen and oxygen atoms in total. The average molecular weight is 524 g/mol. The van der Waals surface area contributed by atoms with Gasteiger partial charge in [0.1, 0.15) is 5.75 Å². The summed E-state index contributed by atoms with van der Waals surface area (Å²) in [6, 6.07) is 15.9. The van der Waals surface area contributed by atoms with Crippen LogP contribution in [0.2, 0.25) is 5.02 Å². The van der Waals surface area contributed by atoms with E-state index in [1.54, 1.807) is 21.3 Å². The number of carbonyl (C=O) groups excluding carboxylic acids is 1. The molecule has 6 heteroatoms. The summed E-state index contributed by atoms with van der Waals surface area (Å²) >= 11 is 6.69. The molecule has 198 valence electrons. The third-order valence-corrected chi connectivity index (χ3v) is 6.98. The highest BCUT2D eigenvalue weighted by Crippen LogP contribution is 2.45. The lowest BCUT2D eigenvalue weighted by atomic mass is 9.86. The van der Waals surface area contributed by atoms with Gasteiger partial charge in [0.15, 0.2) is 11.5 Å². The molecule has 3 rings (SSSR count). The number of benzene rings is 3. The zero-order valence-corrected chi connectivity index (χ0v) is 23.9. The van der Waals surface area contributed by atoms with E-state index in [2.05, 4.69) is 20.8 Å². The smallest absolute Gasteiger partial charge is 0.227 e. The molecule has 0 N–H and O–H groups in total. The maximum Gasteiger partial charge on any atom is 0.227 e. The molecule has 1 atom stereocenters. The number of aryl methyl sites for hydroxylation is 1. The van der Waals surface area contributed by atoms with Gasteiger partial charge in [-0.3, -0.25) is 4.79 Å². The van der Waals surface area contributed by atoms with Gasteiger partial charge in [-0.25, -0.2) is 0 Å². The summed E-state index contributed by atoms with van der Waals surface area (Å²) in [7, 11) is 4.93. The summed E-state index contributed by atoms with van der Waals surface area (Å²) in [4.78, 5) is 15.5. The van der Waals surface area contributed by atoms with Gasteiger partial charge in [0.05, 0.1) is 33.6 Å². The van der Waals surface area contributed by atoms with E-state index in [9.17, 15) is 4.79 Å². The van der Waals surface area contributed by atoms with E-state index in [1.807, 2.05) is 67.3 Å². The van der Waals surface area contributed by atoms with Crippen LogP contribution >= 0.6 is 11.6 Å². The van der Waals surface area contributed by atoms with Crippen LogP contribution in [0.3, 0.4) is 0 Å². The maximum absolute atomic E-state index is 13.6. The van der Waals surface area contributed by atoms with E-state index >= 15 is 0 Å². The van der Waals surface area contributed by atoms with Gasteiger partial charge in [-0.15, -0.1) is 0 Å². The first-order valence-electron chi connectivity index (χ1n) is 12.6. The number of carbonyl (C=O) groups is 1. The van der Waals surface area contributed by atoms with Crippen molar-refractivity contribution in [3.63, 3.8) is 0 Å². The van der Waals surface area contributed by atoms with Gasteiger partial charge in [-0.05, 0) is 53.8 Å². The zero-order valence-electron chi connectivity index (χ0n) is 23.1. The fourth-order valence-corrected chi connectivity index (χ4v) is 5.02. The molecule has 0 aliphatic carbocycles. The molecule has 0 aliphatic rings. The van der Waals surface area contributed by atoms with Crippen LogP contribution in [-0.4, -0.2) is 27.2 Å². The number of methoxy groups -OCH3 is 3. The predicted octanol–water partition coefficient (Wildman–Crippen LogP) is 7.89. The molecule has 37 heavy (non-hydrogen) atoms. The van der Waals surface area contributed by atoms with Gasteiger partial charge in [0, 0.05) is 28.5 Å². The van der Waals surface area contributed by atoms with Crippen molar-refractivity contribution in [2.45, 2.75) is 59.4 Å². The van der Waals surface area contributed by atoms with Crippen molar-refractivity contribution in [1.82, 2.24) is 0 Å². The highest BCUT2D eigenvalue weighted by Gasteiger charge is 2.28. The van der Waals surface area contributed by atoms with Gasteiger partial charge in [-0.1, -0.05) is 63.6 Å². The molecule has 3 aromatic carbocycles. The van der Waals surface area contributed by atoms with Gasteiger partial charge >= 0.3 is 0 Å². The first-order valence-corrected chi connectivity index (χ1v) is 13.0. The molecular weight excluding hydrogens is 486 g/mol. The number of anilines is 1. The summed E-state index contributed by atoms with van der Waals surface area (Å²) in [6.45, 7) is 10.6. The minimum absolute atomic E-state index is 0.0258. The van der Waals surface area contributed by atoms with Gasteiger partial charge in [0.25, 0.3) is 0 Å². The first kappa shape index (κ1) is 28.4. The number of rotatable bonds is 10. The lowest BCUT2D eigenvalue weighted by Gasteiger charge is -2.32. The summed E-state index contributed by atoms with van der Waals surface area (Å²) in [5, 5.41) is 0.632. The van der Waals surface area contributed by atoms with Crippen LogP contribution in [0.1, 0.15) is 73.8 Å². The topological polar surface area (TPSA) is 48.0 Å². The fourth-order valence-electron chi connectivity index (χ4n) is 4.78. The normalized spacial score (nSPS) is 11.8. The van der Waals surface area contributed by atoms with E-state index in [1.165, 1.54) is 0 Å². The number of hydrogen-bond acceptors (Lipinski definition) is 4. The Hall–Kier alpha value is -3.18. The molecule has 0 radical (unpaired) electrons. The molecule has 0 saturated heterocycles. The largest absolute Gasteiger partial charge is 0.496 e. The standard InChI is InChI=1S/C31H38ClNO4/c1-9-29(34)33(18-22-14-13-20(4)15-28(22)36-7)30-25(19(2)3)16-23(32)17-26(30)21(5)24-11-10-12-27(35-6)31(24)37-8/h10-17,19,21H,9,18H2,1-8H3/t21-/m1/s1. The van der Waals surface area contributed by atoms with Crippen LogP contribution in [0.5, 0.6) is 17.2 Å². The van der Waals surface area contributed by atoms with Crippen LogP contribution < -0.4 is 19.1 Å². The Bertz CT molecular complexity index is 1250. The van der Waals surface area contributed by atoms with Gasteiger partial charge in [-0.2, -0.15) is 0 Å². The van der Waals surface area contributed by atoms with Crippen LogP contribution in [0.15, 0.2) is 48.5 Å². The number of ether oxygens (including phenoxy) is 3. The van der Waals surface area contributed by atoms with E-state index in [4.69, 9.17) is 25.8 Å². The van der Waals surface area contributed by atoms with Crippen molar-refractivity contribution in [2.75, 3.05) is 26.2 Å². The summed E-state index contributed by atoms with van der Waals surface area (Å²) in [6.07, 6.45) is 0.366. The highest BCUT2D eigenvalue weighted by molar-refractivity contribution is 6.31. The number of amides is 1. The number of halogens is 1. The van der Waals surface area contributed by atoms with E-state index < -0.39 is 0 Å². The Balaban J connectivity index is 2.29. The Morgan fingerprint density at radius 3 is 2.16 bits per heavy atom. The van der Waals surface area contributed by atoms with E-state index in [0.717, 1.165) is 39.3 Å². The fraction of sp³-hybridized carbons (Fsp3) is 0.387. The molecule has 0 saturated carbocycles. The van der Waals surface area contributed by atoms with Crippen LogP contribution in [-0.2, 0) is 11.3 Å². The molecule has 0 spiro atoms. The van der Waals surface area contributed by atoms with Crippen molar-refractivity contribution < 1.29 is 19.0 Å². The zero-order chi connectivity index (χ0) is 27.3. The quantitative estimate of drug-likeness (QED) is 0.271. The summed E-state index contributed by atoms with van der Waals surface area (Å²) < 4.78 is 17.0. The molecule has 0 unspecified atom stereocenters. The number of para-hydroxylation sites is 1. The summed E-state index contributed by atoms with van der Waals surface area (Å²) in [5.74, 6) is 2.12. The molecule has 3 aromatic rings. The SMILES string of the molecule is CCC(=O)N(Cc1ccc(C)cc1OC)c1c(C(C)C)cc(Cl)cc1[C@H](C)c1cccc(OC)c1OC. The lowest BCUT2D eigenvalue weighted by Crippen LogP contribution is -2.32. The molecule has 0 aliphatic heterocycles. The van der Waals surface area contributed by atoms with Crippen molar-refractivity contribution in [3.8, 4) is 17.2 Å². The monoisotopic (exact) mass is 523 g/mol. The highest BCUT2D eigenvalue weighted by atomic mass is 35.5. The summed E-state index contributed by atoms with van der Waals surface area (Å²) in [5.41, 5.74) is 5.85. The third-order valence-electron chi connectivity index (χ3n) is 6.77. The molecule has 0 bridgehead atoms. The minimum Gasteiger partial charge on any atom is -0.496 e. The van der Waals surface area contributed by atoms with E-state index in [0.29, 0.717) is 29.5 Å². The molecular formula is C31H38ClNO4. The number of hydrogen-bond donors (Lipinski definition) is 0. The van der Waals surface area contributed by atoms with Crippen molar-refractivity contribution in [2.24, 2.45) is 0 Å². The maximum atomic E-state index is 13.6. The van der Waals surface area contributed by atoms with Gasteiger partial charge in [0.2, 0.25) is 5.91 Å². The Labute approximate surface area is 226 Å². The Morgan fingerprint density at radius 2 is 1.57 bits per heavy atom. The second-order valence-corrected chi connectivity index (χ2v) is 9.98. The van der Waals surface area contributed by atoms with Crippen molar-refractivity contribution >= 4 is 23.2 Å². The van der Waals surface area contributed by atoms with E-state index in [-0.39, 0.29) is 17.7 Å². The third kappa shape index (κ3) is 6.04. The van der Waals surface area contributed by atoms with Crippen LogP contribution in [0.4, 0.5) is 5.69 Å². The Kier molecular flexibility index (Phi) is 9.50. The van der Waals surface area contributed by atoms with Crippen LogP contribution in [0, 0.1) is 6.92 Å². The van der Waals surface area contributed by atoms with Gasteiger partial charge < -0.3 is 19.1 Å². The second kappa shape index (κ2) is 12.4. The van der Waals surface area contributed by atoms with Crippen molar-refractivity contribution in [1.29, 1.82) is 0 Å². The lowest BCUT2D eigenvalue weighted by molar-refractivity contribution is -0.118. The molecule has 0 heterocycles. The predicted molar refractivity (Wildman–Crippen MR) is 152 cm³/mol. The number of nitrogens with zero attached hydrogens (tertiary/aromatic N) is 1. The Morgan fingerprint density at radius 1 is 0.892 bits per heavy atom. The molecule has 0 aromatic heterocycles. The van der Waals surface area contributed by atoms with Crippen LogP contribution in [0.25, 0.3) is 0 Å². The first-order chi connectivity index (χ1) is 17.7. The molecule has 1 amide bonds. The molecule has 0 fully saturated rings.